The van der Waals surface area contributed by atoms with Gasteiger partial charge in [0.2, 0.25) is 0 Å². The minimum absolute atomic E-state index is 0.253. The lowest BCUT2D eigenvalue weighted by Gasteiger charge is -2.07. The molecule has 4 nitrogen and oxygen atoms in total. The average Bonchev–Trinajstić information content (AvgIpc) is 2.97. The molecule has 1 fully saturated rings. The molecule has 0 N–H and O–H groups in total. The van der Waals surface area contributed by atoms with E-state index in [0.29, 0.717) is 16.6 Å². The Kier molecular flexibility index (Phi) is 3.23. The summed E-state index contributed by atoms with van der Waals surface area (Å²) in [6.07, 6.45) is 6.06. The molecule has 0 unspecified atom stereocenters. The van der Waals surface area contributed by atoms with Crippen molar-refractivity contribution in [1.82, 2.24) is 14.8 Å². The second-order valence-electron chi connectivity index (χ2n) is 4.95. The molecule has 6 heteroatoms. The molecular formula is C13H13Cl2N3O. The quantitative estimate of drug-likeness (QED) is 0.795. The van der Waals surface area contributed by atoms with Crippen molar-refractivity contribution >= 4 is 39.5 Å². The number of carbonyl (C=O) groups is 1. The molecule has 0 aliphatic heterocycles. The van der Waals surface area contributed by atoms with Gasteiger partial charge in [-0.15, -0.1) is 0 Å². The molecule has 0 aromatic carbocycles. The van der Waals surface area contributed by atoms with Crippen molar-refractivity contribution < 1.29 is 4.79 Å². The van der Waals surface area contributed by atoms with Crippen molar-refractivity contribution in [3.8, 4) is 0 Å². The van der Waals surface area contributed by atoms with E-state index >= 15 is 0 Å². The zero-order valence-corrected chi connectivity index (χ0v) is 12.0. The molecule has 0 bridgehead atoms. The molecule has 0 radical (unpaired) electrons. The molecule has 19 heavy (non-hydrogen) atoms. The summed E-state index contributed by atoms with van der Waals surface area (Å²) in [7, 11) is 1.84. The Bertz CT molecular complexity index is 659. The first-order valence-electron chi connectivity index (χ1n) is 6.30. The highest BCUT2D eigenvalue weighted by molar-refractivity contribution is 6.69. The third kappa shape index (κ3) is 2.03. The zero-order valence-electron chi connectivity index (χ0n) is 10.5. The molecule has 0 saturated heterocycles. The molecule has 2 heterocycles. The van der Waals surface area contributed by atoms with Crippen LogP contribution in [-0.2, 0) is 7.05 Å². The van der Waals surface area contributed by atoms with Crippen LogP contribution in [0.4, 0.5) is 0 Å². The molecular weight excluding hydrogens is 285 g/mol. The van der Waals surface area contributed by atoms with Crippen LogP contribution in [0.15, 0.2) is 6.20 Å². The van der Waals surface area contributed by atoms with E-state index in [1.807, 2.05) is 7.05 Å². The Morgan fingerprint density at radius 3 is 2.74 bits per heavy atom. The minimum atomic E-state index is -0.583. The van der Waals surface area contributed by atoms with E-state index < -0.39 is 5.24 Å². The van der Waals surface area contributed by atoms with Crippen molar-refractivity contribution in [3.63, 3.8) is 0 Å². The van der Waals surface area contributed by atoms with Gasteiger partial charge in [-0.25, -0.2) is 4.98 Å². The predicted molar refractivity (Wildman–Crippen MR) is 74.9 cm³/mol. The van der Waals surface area contributed by atoms with Gasteiger partial charge in [0.25, 0.3) is 5.24 Å². The Labute approximate surface area is 120 Å². The highest BCUT2D eigenvalue weighted by Crippen LogP contribution is 2.39. The number of pyridine rings is 1. The normalized spacial score (nSPS) is 16.4. The highest BCUT2D eigenvalue weighted by atomic mass is 35.5. The summed E-state index contributed by atoms with van der Waals surface area (Å²) in [5, 5.41) is 5.12. The van der Waals surface area contributed by atoms with Gasteiger partial charge in [-0.2, -0.15) is 5.10 Å². The molecule has 3 rings (SSSR count). The lowest BCUT2D eigenvalue weighted by atomic mass is 10.0. The molecule has 1 aliphatic rings. The van der Waals surface area contributed by atoms with E-state index in [1.54, 1.807) is 4.68 Å². The van der Waals surface area contributed by atoms with Crippen LogP contribution in [0.3, 0.4) is 0 Å². The number of fused-ring (bicyclic) bond motifs is 1. The van der Waals surface area contributed by atoms with Gasteiger partial charge >= 0.3 is 0 Å². The average molecular weight is 298 g/mol. The molecule has 1 aliphatic carbocycles. The van der Waals surface area contributed by atoms with Gasteiger partial charge in [0.15, 0.2) is 5.65 Å². The Morgan fingerprint density at radius 1 is 1.42 bits per heavy atom. The van der Waals surface area contributed by atoms with Gasteiger partial charge in [0.1, 0.15) is 0 Å². The summed E-state index contributed by atoms with van der Waals surface area (Å²) < 4.78 is 1.72. The number of aryl methyl sites for hydroxylation is 1. The maximum absolute atomic E-state index is 11.4. The van der Waals surface area contributed by atoms with Crippen LogP contribution in [0.2, 0.25) is 5.02 Å². The summed E-state index contributed by atoms with van der Waals surface area (Å²) in [5.74, 6) is 0.406. The first kappa shape index (κ1) is 12.9. The van der Waals surface area contributed by atoms with Crippen LogP contribution in [-0.4, -0.2) is 20.0 Å². The van der Waals surface area contributed by atoms with E-state index in [-0.39, 0.29) is 5.56 Å². The smallest absolute Gasteiger partial charge is 0.255 e. The second kappa shape index (κ2) is 4.76. The van der Waals surface area contributed by atoms with E-state index in [0.717, 1.165) is 23.9 Å². The third-order valence-electron chi connectivity index (χ3n) is 3.77. The summed E-state index contributed by atoms with van der Waals surface area (Å²) in [6.45, 7) is 0. The number of rotatable bonds is 2. The van der Waals surface area contributed by atoms with Crippen LogP contribution < -0.4 is 0 Å². The van der Waals surface area contributed by atoms with Gasteiger partial charge in [-0.05, 0) is 24.4 Å². The fourth-order valence-corrected chi connectivity index (χ4v) is 3.34. The standard InChI is InChI=1S/C13H13Cl2N3O/c1-18-13-9(10(14)8(6-16-13)12(15)19)11(17-18)7-4-2-3-5-7/h6-7H,2-5H2,1H3. The largest absolute Gasteiger partial charge is 0.275 e. The monoisotopic (exact) mass is 297 g/mol. The lowest BCUT2D eigenvalue weighted by Crippen LogP contribution is -1.97. The Morgan fingerprint density at radius 2 is 2.11 bits per heavy atom. The number of aromatic nitrogens is 3. The van der Waals surface area contributed by atoms with Crippen LogP contribution in [0.1, 0.15) is 47.7 Å². The van der Waals surface area contributed by atoms with Crippen molar-refractivity contribution in [2.45, 2.75) is 31.6 Å². The van der Waals surface area contributed by atoms with Crippen LogP contribution >= 0.6 is 23.2 Å². The first-order valence-corrected chi connectivity index (χ1v) is 7.06. The van der Waals surface area contributed by atoms with Gasteiger partial charge in [0.05, 0.1) is 21.7 Å². The van der Waals surface area contributed by atoms with Gasteiger partial charge in [0, 0.05) is 19.2 Å². The number of nitrogens with zero attached hydrogens (tertiary/aromatic N) is 3. The fourth-order valence-electron chi connectivity index (χ4n) is 2.83. The lowest BCUT2D eigenvalue weighted by molar-refractivity contribution is 0.108. The van der Waals surface area contributed by atoms with E-state index in [9.17, 15) is 4.79 Å². The first-order chi connectivity index (χ1) is 9.09. The van der Waals surface area contributed by atoms with Crippen molar-refractivity contribution in [2.75, 3.05) is 0 Å². The maximum Gasteiger partial charge on any atom is 0.255 e. The second-order valence-corrected chi connectivity index (χ2v) is 5.67. The van der Waals surface area contributed by atoms with Gasteiger partial charge < -0.3 is 0 Å². The number of hydrogen-bond donors (Lipinski definition) is 0. The summed E-state index contributed by atoms with van der Waals surface area (Å²) in [6, 6.07) is 0. The predicted octanol–water partition coefficient (Wildman–Crippen LogP) is 3.66. The van der Waals surface area contributed by atoms with Crippen molar-refractivity contribution in [3.05, 3.63) is 22.5 Å². The molecule has 0 atom stereocenters. The zero-order chi connectivity index (χ0) is 13.6. The molecule has 0 amide bonds. The van der Waals surface area contributed by atoms with Gasteiger partial charge in [-0.3, -0.25) is 9.48 Å². The van der Waals surface area contributed by atoms with E-state index in [1.165, 1.54) is 19.0 Å². The highest BCUT2D eigenvalue weighted by Gasteiger charge is 2.26. The number of hydrogen-bond acceptors (Lipinski definition) is 3. The van der Waals surface area contributed by atoms with Gasteiger partial charge in [-0.1, -0.05) is 24.4 Å². The van der Waals surface area contributed by atoms with Crippen LogP contribution in [0.25, 0.3) is 11.0 Å². The van der Waals surface area contributed by atoms with E-state index in [4.69, 9.17) is 23.2 Å². The number of halogens is 2. The van der Waals surface area contributed by atoms with Crippen LogP contribution in [0, 0.1) is 0 Å². The third-order valence-corrected chi connectivity index (χ3v) is 4.37. The van der Waals surface area contributed by atoms with Crippen LogP contribution in [0.5, 0.6) is 0 Å². The van der Waals surface area contributed by atoms with Crippen molar-refractivity contribution in [1.29, 1.82) is 0 Å². The maximum atomic E-state index is 11.4. The SMILES string of the molecule is Cn1nc(C2CCCC2)c2c(Cl)c(C(=O)Cl)cnc21. The number of carbonyl (C=O) groups excluding carboxylic acids is 1. The summed E-state index contributed by atoms with van der Waals surface area (Å²) in [4.78, 5) is 15.6. The Balaban J connectivity index is 2.27. The summed E-state index contributed by atoms with van der Waals surface area (Å²) >= 11 is 11.9. The Hall–Kier alpha value is -1.13. The molecule has 1 saturated carbocycles. The summed E-state index contributed by atoms with van der Waals surface area (Å²) in [5.41, 5.74) is 1.91. The van der Waals surface area contributed by atoms with Crippen molar-refractivity contribution in [2.24, 2.45) is 7.05 Å². The molecule has 2 aromatic heterocycles. The fraction of sp³-hybridized carbons (Fsp3) is 0.462. The van der Waals surface area contributed by atoms with E-state index in [2.05, 4.69) is 10.1 Å². The molecule has 2 aromatic rings. The molecule has 0 spiro atoms. The topological polar surface area (TPSA) is 47.8 Å². The minimum Gasteiger partial charge on any atom is -0.275 e. The molecule has 100 valence electrons.